The van der Waals surface area contributed by atoms with Crippen LogP contribution in [0, 0.1) is 0 Å². The number of carbonyl (C=O) groups excluding carboxylic acids is 1. The molecule has 0 heterocycles. The van der Waals surface area contributed by atoms with Crippen LogP contribution < -0.4 is 0 Å². The Hall–Kier alpha value is -1.56. The first-order valence-corrected chi connectivity index (χ1v) is 11.4. The van der Waals surface area contributed by atoms with Gasteiger partial charge in [-0.05, 0) is 37.8 Å². The minimum atomic E-state index is -4.92. The van der Waals surface area contributed by atoms with E-state index in [1.54, 1.807) is 6.07 Å². The number of unbranched alkanes of at least 4 members (excludes halogenated alkanes) is 4. The van der Waals surface area contributed by atoms with Gasteiger partial charge in [-0.2, -0.15) is 0 Å². The number of ether oxygens (including phenoxy) is 1. The van der Waals surface area contributed by atoms with Crippen molar-refractivity contribution < 1.29 is 27.2 Å². The number of rotatable bonds is 13. The average molecular weight is 433 g/mol. The lowest BCUT2D eigenvalue weighted by molar-refractivity contribution is -0.929. The molecule has 6 heteroatoms. The minimum absolute atomic E-state index is 0.125. The van der Waals surface area contributed by atoms with Gasteiger partial charge in [0.1, 0.15) is 0 Å². The van der Waals surface area contributed by atoms with Gasteiger partial charge in [0, 0.05) is 0 Å². The summed E-state index contributed by atoms with van der Waals surface area (Å²) < 4.78 is 39.3. The fourth-order valence-electron chi connectivity index (χ4n) is 3.38. The van der Waals surface area contributed by atoms with Crippen molar-refractivity contribution in [2.75, 3.05) is 26.2 Å². The number of benzene rings is 1. The number of carbonyl (C=O) groups is 1. The number of halogens is 3. The lowest BCUT2D eigenvalue weighted by atomic mass is 10.1. The summed E-state index contributed by atoms with van der Waals surface area (Å²) in [6.45, 7) is 15.0. The van der Waals surface area contributed by atoms with Gasteiger partial charge >= 0.3 is 12.3 Å². The first kappa shape index (κ1) is 28.4. The molecule has 0 N–H and O–H groups in total. The third kappa shape index (κ3) is 13.6. The zero-order valence-electron chi connectivity index (χ0n) is 19.3. The Kier molecular flexibility index (Phi) is 15.3. The Balaban J connectivity index is 0.000000579. The van der Waals surface area contributed by atoms with Gasteiger partial charge in [0.05, 0.1) is 31.7 Å². The van der Waals surface area contributed by atoms with E-state index in [1.165, 1.54) is 106 Å². The summed E-state index contributed by atoms with van der Waals surface area (Å²) in [7, 11) is 0. The largest absolute Gasteiger partial charge is 0.575 e. The molecule has 0 saturated heterocycles. The highest BCUT2D eigenvalue weighted by molar-refractivity contribution is 5.89. The molecule has 0 spiro atoms. The first-order chi connectivity index (χ1) is 14.2. The summed E-state index contributed by atoms with van der Waals surface area (Å²) in [4.78, 5) is 10.7. The molecule has 1 aromatic carbocycles. The van der Waals surface area contributed by atoms with Crippen LogP contribution in [0.1, 0.15) is 89.4 Å². The number of hydrogen-bond donors (Lipinski definition) is 0. The quantitative estimate of drug-likeness (QED) is 0.240. The minimum Gasteiger partial charge on any atom is -0.369 e. The van der Waals surface area contributed by atoms with Crippen LogP contribution in [0.15, 0.2) is 30.3 Å². The summed E-state index contributed by atoms with van der Waals surface area (Å²) in [6.07, 6.45) is 6.14. The van der Waals surface area contributed by atoms with Crippen LogP contribution in [0.3, 0.4) is 0 Å². The Morgan fingerprint density at radius 3 is 1.43 bits per heavy atom. The van der Waals surface area contributed by atoms with Crippen LogP contribution in [0.25, 0.3) is 0 Å². The molecule has 0 saturated carbocycles. The lowest BCUT2D eigenvalue weighted by Gasteiger charge is -2.39. The molecule has 0 unspecified atom stereocenters. The van der Waals surface area contributed by atoms with Gasteiger partial charge in [0.15, 0.2) is 0 Å². The highest BCUT2D eigenvalue weighted by Crippen LogP contribution is 2.18. The van der Waals surface area contributed by atoms with Gasteiger partial charge in [-0.15, -0.1) is 13.2 Å². The topological polar surface area (TPSA) is 26.3 Å². The van der Waals surface area contributed by atoms with Gasteiger partial charge in [-0.3, -0.25) is 0 Å². The van der Waals surface area contributed by atoms with Crippen molar-refractivity contribution in [3.8, 4) is 0 Å². The van der Waals surface area contributed by atoms with Crippen molar-refractivity contribution in [2.24, 2.45) is 0 Å². The normalized spacial score (nSPS) is 11.6. The third-order valence-corrected chi connectivity index (χ3v) is 5.16. The van der Waals surface area contributed by atoms with Gasteiger partial charge in [0.25, 0.3) is 0 Å². The van der Waals surface area contributed by atoms with E-state index < -0.39 is 12.3 Å². The van der Waals surface area contributed by atoms with E-state index in [0.717, 1.165) is 0 Å². The molecule has 1 aromatic rings. The van der Waals surface area contributed by atoms with Crippen molar-refractivity contribution in [3.05, 3.63) is 35.9 Å². The van der Waals surface area contributed by atoms with Gasteiger partial charge in [-0.1, -0.05) is 71.6 Å². The van der Waals surface area contributed by atoms with Crippen molar-refractivity contribution in [1.29, 1.82) is 0 Å². The molecule has 0 aromatic heterocycles. The number of alkyl halides is 3. The Morgan fingerprint density at radius 1 is 0.767 bits per heavy atom. The van der Waals surface area contributed by atoms with Crippen molar-refractivity contribution in [2.45, 2.75) is 85.4 Å². The molecular weight excluding hydrogens is 391 g/mol. The van der Waals surface area contributed by atoms with Crippen LogP contribution in [0.2, 0.25) is 0 Å². The van der Waals surface area contributed by atoms with E-state index in [1.807, 2.05) is 0 Å². The van der Waals surface area contributed by atoms with Crippen LogP contribution in [-0.2, 0) is 4.74 Å². The van der Waals surface area contributed by atoms with Gasteiger partial charge in [0.2, 0.25) is 0 Å². The molecule has 1 rings (SSSR count). The molecular formula is C24H41F3NO2+. The predicted molar refractivity (Wildman–Crippen MR) is 117 cm³/mol. The van der Waals surface area contributed by atoms with Crippen LogP contribution in [0.5, 0.6) is 0 Å². The molecule has 0 fully saturated rings. The standard InChI is InChI=1S/C16H36N.C8H5F3O2/c1-5-9-13-17(14-10-6-2,15-11-7-3)16-12-8-4;9-8(10,11)13-7(12)6-4-2-1-3-5-6/h5-16H2,1-4H3;1-5H/q+1;. The first-order valence-electron chi connectivity index (χ1n) is 11.4. The number of quaternary nitrogens is 1. The molecule has 0 radical (unpaired) electrons. The van der Waals surface area contributed by atoms with E-state index in [2.05, 4.69) is 32.4 Å². The predicted octanol–water partition coefficient (Wildman–Crippen LogP) is 7.37. The van der Waals surface area contributed by atoms with Crippen LogP contribution in [-0.4, -0.2) is 43.0 Å². The molecule has 30 heavy (non-hydrogen) atoms. The molecule has 3 nitrogen and oxygen atoms in total. The molecule has 174 valence electrons. The molecule has 0 amide bonds. The van der Waals surface area contributed by atoms with Crippen LogP contribution >= 0.6 is 0 Å². The summed E-state index contributed by atoms with van der Waals surface area (Å²) in [6, 6.07) is 6.98. The van der Waals surface area contributed by atoms with Crippen molar-refractivity contribution in [1.82, 2.24) is 0 Å². The molecule has 0 atom stereocenters. The monoisotopic (exact) mass is 432 g/mol. The fraction of sp³-hybridized carbons (Fsp3) is 0.708. The number of esters is 1. The van der Waals surface area contributed by atoms with Crippen molar-refractivity contribution >= 4 is 5.97 Å². The lowest BCUT2D eigenvalue weighted by Crippen LogP contribution is -2.50. The summed E-state index contributed by atoms with van der Waals surface area (Å²) in [5, 5.41) is 0. The molecule has 0 aliphatic heterocycles. The summed E-state index contributed by atoms with van der Waals surface area (Å²) in [5.74, 6) is -1.40. The maximum atomic E-state index is 11.5. The molecule has 0 bridgehead atoms. The van der Waals surface area contributed by atoms with Gasteiger partial charge in [-0.25, -0.2) is 4.79 Å². The SMILES string of the molecule is CCCC[N+](CCCC)(CCCC)CCCC.O=C(OC(F)(F)F)c1ccccc1. The maximum absolute atomic E-state index is 11.5. The number of nitrogens with zero attached hydrogens (tertiary/aromatic N) is 1. The zero-order chi connectivity index (χ0) is 22.9. The Bertz CT molecular complexity index is 510. The van der Waals surface area contributed by atoms with Gasteiger partial charge < -0.3 is 9.22 Å². The van der Waals surface area contributed by atoms with E-state index >= 15 is 0 Å². The fourth-order valence-corrected chi connectivity index (χ4v) is 3.38. The average Bonchev–Trinajstić information content (AvgIpc) is 2.72. The number of hydrogen-bond acceptors (Lipinski definition) is 2. The van der Waals surface area contributed by atoms with E-state index in [0.29, 0.717) is 0 Å². The highest BCUT2D eigenvalue weighted by Gasteiger charge is 2.34. The third-order valence-electron chi connectivity index (χ3n) is 5.16. The Labute approximate surface area is 181 Å². The van der Waals surface area contributed by atoms with Crippen molar-refractivity contribution in [3.63, 3.8) is 0 Å². The highest BCUT2D eigenvalue weighted by atomic mass is 19.4. The van der Waals surface area contributed by atoms with E-state index in [4.69, 9.17) is 0 Å². The summed E-state index contributed by atoms with van der Waals surface area (Å²) in [5.41, 5.74) is -0.125. The molecule has 0 aliphatic carbocycles. The van der Waals surface area contributed by atoms with Crippen LogP contribution in [0.4, 0.5) is 13.2 Å². The van der Waals surface area contributed by atoms with E-state index in [-0.39, 0.29) is 5.56 Å². The second-order valence-electron chi connectivity index (χ2n) is 7.85. The summed E-state index contributed by atoms with van der Waals surface area (Å²) >= 11 is 0. The second kappa shape index (κ2) is 16.2. The molecule has 0 aliphatic rings. The smallest absolute Gasteiger partial charge is 0.369 e. The maximum Gasteiger partial charge on any atom is 0.575 e. The second-order valence-corrected chi connectivity index (χ2v) is 7.85. The zero-order valence-corrected chi connectivity index (χ0v) is 19.3. The Morgan fingerprint density at radius 2 is 1.13 bits per heavy atom. The van der Waals surface area contributed by atoms with E-state index in [9.17, 15) is 18.0 Å².